The van der Waals surface area contributed by atoms with E-state index >= 15 is 0 Å². The number of hydrogen-bond acceptors (Lipinski definition) is 0. The highest BCUT2D eigenvalue weighted by Gasteiger charge is 2.22. The van der Waals surface area contributed by atoms with Crippen LogP contribution in [-0.4, -0.2) is 13.1 Å². The van der Waals surface area contributed by atoms with Crippen molar-refractivity contribution in [3.8, 4) is 0 Å². The van der Waals surface area contributed by atoms with E-state index in [0.29, 0.717) is 5.69 Å². The minimum Gasteiger partial charge on any atom is -0.300 e. The van der Waals surface area contributed by atoms with E-state index in [1.54, 1.807) is 12.1 Å². The summed E-state index contributed by atoms with van der Waals surface area (Å²) in [5.41, 5.74) is 0.484. The van der Waals surface area contributed by atoms with Gasteiger partial charge in [-0.25, -0.2) is 4.39 Å². The third-order valence-corrected chi connectivity index (χ3v) is 2.54. The number of quaternary nitrogens is 1. The number of nitrogens with one attached hydrogen (secondary N) is 1. The van der Waals surface area contributed by atoms with Crippen LogP contribution in [-0.2, 0) is 0 Å². The average Bonchev–Trinajstić information content (AvgIpc) is 2.62. The first-order valence-corrected chi connectivity index (χ1v) is 4.58. The first-order valence-electron chi connectivity index (χ1n) is 4.58. The summed E-state index contributed by atoms with van der Waals surface area (Å²) in [6.45, 7) is 1.83. The molecule has 1 heterocycles. The lowest BCUT2D eigenvalue weighted by atomic mass is 10.2. The lowest BCUT2D eigenvalue weighted by Crippen LogP contribution is -3.05. The lowest BCUT2D eigenvalue weighted by molar-refractivity contribution is -0.819. The second-order valence-electron chi connectivity index (χ2n) is 3.41. The largest absolute Gasteiger partial charge is 0.300 e. The molecule has 3 heteroatoms. The molecule has 13 heavy (non-hydrogen) atoms. The van der Waals surface area contributed by atoms with Gasteiger partial charge in [0.2, 0.25) is 5.82 Å². The molecule has 1 fully saturated rings. The summed E-state index contributed by atoms with van der Waals surface area (Å²) in [6, 6.07) is 4.40. The Kier molecular flexibility index (Phi) is 2.27. The fourth-order valence-electron chi connectivity index (χ4n) is 1.85. The van der Waals surface area contributed by atoms with E-state index in [4.69, 9.17) is 0 Å². The highest BCUT2D eigenvalue weighted by molar-refractivity contribution is 5.31. The molecule has 0 aromatic heterocycles. The molecular weight excluding hydrogens is 172 g/mol. The summed E-state index contributed by atoms with van der Waals surface area (Å²) in [4.78, 5) is 1.07. The molecule has 0 atom stereocenters. The van der Waals surface area contributed by atoms with Crippen LogP contribution in [0.2, 0.25) is 0 Å². The zero-order chi connectivity index (χ0) is 9.26. The molecule has 0 radical (unpaired) electrons. The molecule has 0 saturated carbocycles. The van der Waals surface area contributed by atoms with Crippen LogP contribution in [0.15, 0.2) is 18.2 Å². The Bertz CT molecular complexity index is 306. The van der Waals surface area contributed by atoms with Crippen molar-refractivity contribution in [2.45, 2.75) is 12.8 Å². The van der Waals surface area contributed by atoms with E-state index in [-0.39, 0.29) is 0 Å². The van der Waals surface area contributed by atoms with E-state index in [2.05, 4.69) is 0 Å². The van der Waals surface area contributed by atoms with Gasteiger partial charge in [0.05, 0.1) is 13.1 Å². The van der Waals surface area contributed by atoms with Crippen molar-refractivity contribution in [3.63, 3.8) is 0 Å². The number of benzene rings is 1. The van der Waals surface area contributed by atoms with Crippen LogP contribution in [0.1, 0.15) is 12.8 Å². The minimum absolute atomic E-state index is 0.484. The Balaban J connectivity index is 2.33. The van der Waals surface area contributed by atoms with Gasteiger partial charge in [0.1, 0.15) is 0 Å². The maximum atomic E-state index is 13.3. The Morgan fingerprint density at radius 3 is 2.46 bits per heavy atom. The summed E-state index contributed by atoms with van der Waals surface area (Å²) >= 11 is 0. The maximum absolute atomic E-state index is 13.3. The molecule has 0 unspecified atom stereocenters. The van der Waals surface area contributed by atoms with Crippen LogP contribution in [0.4, 0.5) is 14.5 Å². The van der Waals surface area contributed by atoms with Crippen molar-refractivity contribution < 1.29 is 13.7 Å². The van der Waals surface area contributed by atoms with Crippen molar-refractivity contribution in [1.29, 1.82) is 0 Å². The summed E-state index contributed by atoms with van der Waals surface area (Å²) in [5, 5.41) is 0. The van der Waals surface area contributed by atoms with E-state index in [0.717, 1.165) is 36.9 Å². The van der Waals surface area contributed by atoms with Crippen LogP contribution in [0.5, 0.6) is 0 Å². The predicted molar refractivity (Wildman–Crippen MR) is 45.9 cm³/mol. The third-order valence-electron chi connectivity index (χ3n) is 2.54. The molecule has 0 aliphatic carbocycles. The second kappa shape index (κ2) is 3.42. The van der Waals surface area contributed by atoms with Crippen molar-refractivity contribution >= 4 is 5.69 Å². The lowest BCUT2D eigenvalue weighted by Gasteiger charge is -2.11. The summed E-state index contributed by atoms with van der Waals surface area (Å²) in [7, 11) is 0. The van der Waals surface area contributed by atoms with Gasteiger partial charge in [0, 0.05) is 18.9 Å². The van der Waals surface area contributed by atoms with Crippen LogP contribution >= 0.6 is 0 Å². The van der Waals surface area contributed by atoms with Crippen molar-refractivity contribution in [2.75, 3.05) is 13.1 Å². The molecule has 1 N–H and O–H groups in total. The molecule has 1 aromatic carbocycles. The first kappa shape index (κ1) is 8.63. The quantitative estimate of drug-likeness (QED) is 0.670. The Morgan fingerprint density at radius 1 is 1.08 bits per heavy atom. The predicted octanol–water partition coefficient (Wildman–Crippen LogP) is 1.28. The smallest absolute Gasteiger partial charge is 0.219 e. The van der Waals surface area contributed by atoms with E-state index in [1.807, 2.05) is 0 Å². The minimum atomic E-state index is -0.739. The third kappa shape index (κ3) is 1.56. The van der Waals surface area contributed by atoms with Crippen molar-refractivity contribution in [1.82, 2.24) is 0 Å². The van der Waals surface area contributed by atoms with Gasteiger partial charge >= 0.3 is 0 Å². The van der Waals surface area contributed by atoms with Crippen LogP contribution in [0.25, 0.3) is 0 Å². The van der Waals surface area contributed by atoms with Gasteiger partial charge in [-0.3, -0.25) is 4.90 Å². The Hall–Kier alpha value is -0.960. The maximum Gasteiger partial charge on any atom is 0.219 e. The van der Waals surface area contributed by atoms with Gasteiger partial charge < -0.3 is 0 Å². The zero-order valence-corrected chi connectivity index (χ0v) is 7.32. The first-order chi connectivity index (χ1) is 6.29. The summed E-state index contributed by atoms with van der Waals surface area (Å²) < 4.78 is 26.1. The molecular formula is C10H12F2N+. The fraction of sp³-hybridized carbons (Fsp3) is 0.400. The average molecular weight is 184 g/mol. The number of rotatable bonds is 1. The van der Waals surface area contributed by atoms with Crippen molar-refractivity contribution in [3.05, 3.63) is 29.8 Å². The van der Waals surface area contributed by atoms with E-state index in [9.17, 15) is 8.78 Å². The molecule has 1 saturated heterocycles. The highest BCUT2D eigenvalue weighted by atomic mass is 19.2. The van der Waals surface area contributed by atoms with Crippen molar-refractivity contribution in [2.24, 2.45) is 0 Å². The fourth-order valence-corrected chi connectivity index (χ4v) is 1.85. The van der Waals surface area contributed by atoms with Gasteiger partial charge in [0.25, 0.3) is 0 Å². The molecule has 1 nitrogen and oxygen atoms in total. The number of halogens is 2. The molecule has 1 aliphatic heterocycles. The highest BCUT2D eigenvalue weighted by Crippen LogP contribution is 2.13. The summed E-state index contributed by atoms with van der Waals surface area (Å²) in [6.07, 6.45) is 2.20. The van der Waals surface area contributed by atoms with Gasteiger partial charge in [0.15, 0.2) is 11.5 Å². The molecule has 2 rings (SSSR count). The van der Waals surface area contributed by atoms with Crippen LogP contribution < -0.4 is 4.90 Å². The number of hydrogen-bond donors (Lipinski definition) is 1. The van der Waals surface area contributed by atoms with E-state index in [1.165, 1.54) is 0 Å². The molecule has 1 aliphatic rings. The zero-order valence-electron chi connectivity index (χ0n) is 7.32. The van der Waals surface area contributed by atoms with Gasteiger partial charge in [-0.05, 0) is 6.07 Å². The molecule has 0 spiro atoms. The normalized spacial score (nSPS) is 18.0. The monoisotopic (exact) mass is 184 g/mol. The van der Waals surface area contributed by atoms with Gasteiger partial charge in [-0.2, -0.15) is 4.39 Å². The summed E-state index contributed by atoms with van der Waals surface area (Å²) in [5.74, 6) is -1.42. The second-order valence-corrected chi connectivity index (χ2v) is 3.41. The van der Waals surface area contributed by atoms with Crippen LogP contribution in [0.3, 0.4) is 0 Å². The Labute approximate surface area is 76.0 Å². The molecule has 0 bridgehead atoms. The van der Waals surface area contributed by atoms with Gasteiger partial charge in [-0.1, -0.05) is 6.07 Å². The van der Waals surface area contributed by atoms with Crippen LogP contribution in [0, 0.1) is 11.6 Å². The molecule has 1 aromatic rings. The molecule has 70 valence electrons. The molecule has 0 amide bonds. The topological polar surface area (TPSA) is 4.44 Å². The Morgan fingerprint density at radius 2 is 1.77 bits per heavy atom. The van der Waals surface area contributed by atoms with E-state index < -0.39 is 11.6 Å². The van der Waals surface area contributed by atoms with Gasteiger partial charge in [-0.15, -0.1) is 0 Å². The standard InChI is InChI=1S/C10H11F2N/c11-8-4-3-5-9(10(8)12)13-6-1-2-7-13/h3-5H,1-2,6-7H2/p+1. The SMILES string of the molecule is Fc1cccc([NH+]2CCCC2)c1F.